The van der Waals surface area contributed by atoms with E-state index in [2.05, 4.69) is 9.71 Å². The predicted octanol–water partition coefficient (Wildman–Crippen LogP) is -0.0141. The van der Waals surface area contributed by atoms with E-state index in [9.17, 15) is 8.42 Å². The number of para-hydroxylation sites is 2. The summed E-state index contributed by atoms with van der Waals surface area (Å²) < 4.78 is 27.7. The smallest absolute Gasteiger partial charge is 0.307 e. The summed E-state index contributed by atoms with van der Waals surface area (Å²) in [5.41, 5.74) is 6.51. The largest absolute Gasteiger partial charge is 0.329 e. The predicted molar refractivity (Wildman–Crippen MR) is 65.8 cm³/mol. The Morgan fingerprint density at radius 2 is 2.12 bits per heavy atom. The highest BCUT2D eigenvalue weighted by molar-refractivity contribution is 7.88. The van der Waals surface area contributed by atoms with Crippen LogP contribution in [0.5, 0.6) is 0 Å². The Morgan fingerprint density at radius 3 is 2.82 bits per heavy atom. The molecule has 0 spiro atoms. The fraction of sp³-hybridized carbons (Fsp3) is 0.300. The molecule has 2 rings (SSSR count). The van der Waals surface area contributed by atoms with E-state index in [-0.39, 0.29) is 13.1 Å². The minimum atomic E-state index is -3.61. The van der Waals surface area contributed by atoms with Crippen LogP contribution in [0.15, 0.2) is 24.3 Å². The second-order valence-corrected chi connectivity index (χ2v) is 5.20. The summed E-state index contributed by atoms with van der Waals surface area (Å²) in [6, 6.07) is 7.09. The van der Waals surface area contributed by atoms with Crippen LogP contribution in [0.4, 0.5) is 0 Å². The van der Waals surface area contributed by atoms with Crippen LogP contribution in [-0.2, 0) is 10.2 Å². The van der Waals surface area contributed by atoms with Crippen molar-refractivity contribution in [2.24, 2.45) is 5.73 Å². The number of aryl methyl sites for hydroxylation is 1. The summed E-state index contributed by atoms with van der Waals surface area (Å²) in [5, 5.41) is 0. The third kappa shape index (κ3) is 2.17. The van der Waals surface area contributed by atoms with Crippen molar-refractivity contribution >= 4 is 21.2 Å². The van der Waals surface area contributed by atoms with Gasteiger partial charge in [-0.3, -0.25) is 0 Å². The maximum absolute atomic E-state index is 12.0. The van der Waals surface area contributed by atoms with Gasteiger partial charge in [-0.25, -0.2) is 8.96 Å². The zero-order valence-corrected chi connectivity index (χ0v) is 10.2. The molecule has 0 atom stereocenters. The Labute approximate surface area is 99.6 Å². The number of benzene rings is 1. The molecule has 1 aromatic heterocycles. The quantitative estimate of drug-likeness (QED) is 0.802. The molecular formula is C10H14N4O2S. The zero-order chi connectivity index (χ0) is 12.5. The molecule has 0 fully saturated rings. The molecule has 0 aliphatic carbocycles. The minimum absolute atomic E-state index is 0.203. The lowest BCUT2D eigenvalue weighted by Crippen LogP contribution is -2.34. The first-order valence-corrected chi connectivity index (χ1v) is 6.64. The minimum Gasteiger partial charge on any atom is -0.329 e. The fourth-order valence-electron chi connectivity index (χ4n) is 1.68. The first-order chi connectivity index (χ1) is 8.06. The van der Waals surface area contributed by atoms with Crippen molar-refractivity contribution < 1.29 is 8.42 Å². The number of imidazole rings is 1. The monoisotopic (exact) mass is 254 g/mol. The van der Waals surface area contributed by atoms with E-state index < -0.39 is 10.2 Å². The summed E-state index contributed by atoms with van der Waals surface area (Å²) in [6.45, 7) is 2.11. The van der Waals surface area contributed by atoms with E-state index in [4.69, 9.17) is 5.73 Å². The average molecular weight is 254 g/mol. The Balaban J connectivity index is 2.58. The van der Waals surface area contributed by atoms with Gasteiger partial charge < -0.3 is 5.73 Å². The lowest BCUT2D eigenvalue weighted by atomic mass is 10.3. The van der Waals surface area contributed by atoms with E-state index >= 15 is 0 Å². The molecule has 1 heterocycles. The molecule has 0 bridgehead atoms. The summed E-state index contributed by atoms with van der Waals surface area (Å²) >= 11 is 0. The third-order valence-electron chi connectivity index (χ3n) is 2.35. The Hall–Kier alpha value is -1.44. The first-order valence-electron chi connectivity index (χ1n) is 5.20. The fourth-order valence-corrected chi connectivity index (χ4v) is 2.99. The van der Waals surface area contributed by atoms with Crippen molar-refractivity contribution in [1.29, 1.82) is 0 Å². The number of hydrogen-bond donors (Lipinski definition) is 2. The maximum Gasteiger partial charge on any atom is 0.307 e. The lowest BCUT2D eigenvalue weighted by Gasteiger charge is -2.08. The Kier molecular flexibility index (Phi) is 3.14. The molecule has 6 nitrogen and oxygen atoms in total. The third-order valence-corrected chi connectivity index (χ3v) is 3.86. The summed E-state index contributed by atoms with van der Waals surface area (Å²) in [6.07, 6.45) is 0. The SMILES string of the molecule is Cc1nc2ccccc2n1S(=O)(=O)NCCN. The molecule has 0 aliphatic heterocycles. The van der Waals surface area contributed by atoms with Gasteiger partial charge in [-0.1, -0.05) is 12.1 Å². The van der Waals surface area contributed by atoms with Gasteiger partial charge in [0, 0.05) is 13.1 Å². The standard InChI is InChI=1S/C10H14N4O2S/c1-8-13-9-4-2-3-5-10(9)14(8)17(15,16)12-7-6-11/h2-5,12H,6-7,11H2,1H3. The molecule has 2 aromatic rings. The van der Waals surface area contributed by atoms with Crippen LogP contribution in [0, 0.1) is 6.92 Å². The molecule has 17 heavy (non-hydrogen) atoms. The van der Waals surface area contributed by atoms with Crippen LogP contribution in [0.25, 0.3) is 11.0 Å². The summed E-state index contributed by atoms with van der Waals surface area (Å²) in [4.78, 5) is 4.20. The molecule has 3 N–H and O–H groups in total. The second kappa shape index (κ2) is 4.44. The molecule has 0 radical (unpaired) electrons. The van der Waals surface area contributed by atoms with Crippen LogP contribution >= 0.6 is 0 Å². The molecular weight excluding hydrogens is 240 g/mol. The van der Waals surface area contributed by atoms with Gasteiger partial charge in [0.1, 0.15) is 5.82 Å². The number of nitrogens with zero attached hydrogens (tertiary/aromatic N) is 2. The molecule has 0 aliphatic rings. The van der Waals surface area contributed by atoms with E-state index in [1.54, 1.807) is 25.1 Å². The maximum atomic E-state index is 12.0. The van der Waals surface area contributed by atoms with Gasteiger partial charge in [-0.15, -0.1) is 0 Å². The van der Waals surface area contributed by atoms with Crippen LogP contribution in [0.1, 0.15) is 5.82 Å². The highest BCUT2D eigenvalue weighted by atomic mass is 32.2. The number of fused-ring (bicyclic) bond motifs is 1. The van der Waals surface area contributed by atoms with Gasteiger partial charge in [-0.2, -0.15) is 13.1 Å². The normalized spacial score (nSPS) is 12.1. The van der Waals surface area contributed by atoms with Crippen molar-refractivity contribution in [3.63, 3.8) is 0 Å². The highest BCUT2D eigenvalue weighted by Gasteiger charge is 2.18. The highest BCUT2D eigenvalue weighted by Crippen LogP contribution is 2.16. The van der Waals surface area contributed by atoms with Crippen molar-refractivity contribution in [2.45, 2.75) is 6.92 Å². The lowest BCUT2D eigenvalue weighted by molar-refractivity contribution is 0.573. The molecule has 92 valence electrons. The van der Waals surface area contributed by atoms with Gasteiger partial charge in [0.2, 0.25) is 0 Å². The first kappa shape index (κ1) is 12.0. The van der Waals surface area contributed by atoms with Gasteiger partial charge >= 0.3 is 10.2 Å². The number of rotatable bonds is 4. The molecule has 7 heteroatoms. The molecule has 0 unspecified atom stereocenters. The van der Waals surface area contributed by atoms with Crippen LogP contribution in [0.3, 0.4) is 0 Å². The van der Waals surface area contributed by atoms with Gasteiger partial charge in [0.15, 0.2) is 0 Å². The van der Waals surface area contributed by atoms with Crippen molar-refractivity contribution in [3.8, 4) is 0 Å². The topological polar surface area (TPSA) is 90.0 Å². The summed E-state index contributed by atoms with van der Waals surface area (Å²) in [5.74, 6) is 0.427. The van der Waals surface area contributed by atoms with Crippen LogP contribution in [0.2, 0.25) is 0 Å². The van der Waals surface area contributed by atoms with Crippen LogP contribution < -0.4 is 10.5 Å². The van der Waals surface area contributed by atoms with E-state index in [1.807, 2.05) is 6.07 Å². The van der Waals surface area contributed by atoms with Crippen molar-refractivity contribution in [2.75, 3.05) is 13.1 Å². The van der Waals surface area contributed by atoms with E-state index in [0.717, 1.165) is 0 Å². The van der Waals surface area contributed by atoms with Gasteiger partial charge in [0.05, 0.1) is 11.0 Å². The van der Waals surface area contributed by atoms with Gasteiger partial charge in [0.25, 0.3) is 0 Å². The van der Waals surface area contributed by atoms with E-state index in [0.29, 0.717) is 16.9 Å². The van der Waals surface area contributed by atoms with Crippen molar-refractivity contribution in [1.82, 2.24) is 13.7 Å². The summed E-state index contributed by atoms with van der Waals surface area (Å²) in [7, 11) is -3.61. The number of hydrogen-bond acceptors (Lipinski definition) is 4. The van der Waals surface area contributed by atoms with E-state index in [1.165, 1.54) is 3.97 Å². The Bertz CT molecular complexity index is 633. The number of aromatic nitrogens is 2. The second-order valence-electron chi connectivity index (χ2n) is 3.60. The Morgan fingerprint density at radius 1 is 1.41 bits per heavy atom. The number of nitrogens with one attached hydrogen (secondary N) is 1. The average Bonchev–Trinajstić information content (AvgIpc) is 2.63. The molecule has 0 saturated heterocycles. The van der Waals surface area contributed by atoms with Crippen LogP contribution in [-0.4, -0.2) is 30.5 Å². The zero-order valence-electron chi connectivity index (χ0n) is 9.42. The molecule has 0 saturated carbocycles. The number of nitrogens with two attached hydrogens (primary N) is 1. The van der Waals surface area contributed by atoms with Gasteiger partial charge in [-0.05, 0) is 19.1 Å². The van der Waals surface area contributed by atoms with Crippen molar-refractivity contribution in [3.05, 3.63) is 30.1 Å². The molecule has 1 aromatic carbocycles. The molecule has 0 amide bonds.